The molecule has 0 aliphatic heterocycles. The van der Waals surface area contributed by atoms with E-state index in [0.29, 0.717) is 6.54 Å². The summed E-state index contributed by atoms with van der Waals surface area (Å²) in [5, 5.41) is 5.19. The first kappa shape index (κ1) is 22.4. The highest BCUT2D eigenvalue weighted by Gasteiger charge is 2.07. The van der Waals surface area contributed by atoms with Gasteiger partial charge in [-0.3, -0.25) is 9.35 Å². The van der Waals surface area contributed by atoms with E-state index in [-0.39, 0.29) is 10.8 Å². The maximum atomic E-state index is 10.9. The molecule has 0 aliphatic carbocycles. The van der Waals surface area contributed by atoms with Crippen LogP contribution in [0.1, 0.15) is 18.1 Å². The average Bonchev–Trinajstić information content (AvgIpc) is 2.67. The topological polar surface area (TPSA) is 92.7 Å². The van der Waals surface area contributed by atoms with Gasteiger partial charge in [0.15, 0.2) is 0 Å². The molecule has 3 rings (SSSR count). The number of nitrogens with one attached hydrogen (secondary N) is 1. The van der Waals surface area contributed by atoms with Gasteiger partial charge in [-0.05, 0) is 53.9 Å². The van der Waals surface area contributed by atoms with Gasteiger partial charge in [0.05, 0.1) is 12.0 Å². The van der Waals surface area contributed by atoms with E-state index in [1.54, 1.807) is 19.2 Å². The lowest BCUT2D eigenvalue weighted by molar-refractivity contribution is -0.118. The number of benzene rings is 3. The number of methoxy groups -OCH3 is 1. The van der Waals surface area contributed by atoms with Gasteiger partial charge in [0.2, 0.25) is 5.91 Å². The number of carbonyl (C=O) groups is 1. The summed E-state index contributed by atoms with van der Waals surface area (Å²) in [6, 6.07) is 18.2. The van der Waals surface area contributed by atoms with E-state index in [1.165, 1.54) is 35.4 Å². The van der Waals surface area contributed by atoms with Gasteiger partial charge in [-0.15, -0.1) is 0 Å². The molecular weight excluding hydrogens is 390 g/mol. The van der Waals surface area contributed by atoms with Gasteiger partial charge in [0.25, 0.3) is 10.1 Å². The van der Waals surface area contributed by atoms with E-state index >= 15 is 0 Å². The second-order valence-corrected chi connectivity index (χ2v) is 7.95. The largest absolute Gasteiger partial charge is 0.497 e. The molecule has 0 radical (unpaired) electrons. The highest BCUT2D eigenvalue weighted by molar-refractivity contribution is 7.85. The Labute approximate surface area is 171 Å². The maximum absolute atomic E-state index is 10.9. The zero-order valence-electron chi connectivity index (χ0n) is 16.7. The van der Waals surface area contributed by atoms with Gasteiger partial charge in [-0.25, -0.2) is 0 Å². The minimum Gasteiger partial charge on any atom is -0.497 e. The molecule has 7 heteroatoms. The van der Waals surface area contributed by atoms with Gasteiger partial charge >= 0.3 is 0 Å². The van der Waals surface area contributed by atoms with Crippen LogP contribution in [0.2, 0.25) is 0 Å². The molecular formula is C22H25NO5S. The Kier molecular flexibility index (Phi) is 7.75. The van der Waals surface area contributed by atoms with E-state index < -0.39 is 10.1 Å². The Morgan fingerprint density at radius 2 is 1.76 bits per heavy atom. The van der Waals surface area contributed by atoms with Crippen molar-refractivity contribution in [2.75, 3.05) is 13.7 Å². The quantitative estimate of drug-likeness (QED) is 0.619. The summed E-state index contributed by atoms with van der Waals surface area (Å²) in [6.07, 6.45) is 0.823. The van der Waals surface area contributed by atoms with Gasteiger partial charge in [0.1, 0.15) is 5.75 Å². The third-order valence-corrected chi connectivity index (χ3v) is 5.13. The molecule has 3 aromatic rings. The van der Waals surface area contributed by atoms with E-state index in [0.717, 1.165) is 17.7 Å². The molecule has 0 saturated carbocycles. The molecule has 0 aliphatic rings. The molecule has 0 atom stereocenters. The van der Waals surface area contributed by atoms with Crippen molar-refractivity contribution in [2.45, 2.75) is 25.2 Å². The molecule has 3 aromatic carbocycles. The van der Waals surface area contributed by atoms with Crippen molar-refractivity contribution in [1.29, 1.82) is 0 Å². The van der Waals surface area contributed by atoms with Crippen molar-refractivity contribution >= 4 is 26.8 Å². The number of amides is 1. The molecule has 0 heterocycles. The van der Waals surface area contributed by atoms with E-state index in [1.807, 2.05) is 25.1 Å². The van der Waals surface area contributed by atoms with Crippen LogP contribution in [0.15, 0.2) is 65.6 Å². The van der Waals surface area contributed by atoms with Crippen LogP contribution in [0, 0.1) is 6.92 Å². The lowest BCUT2D eigenvalue weighted by Crippen LogP contribution is -2.22. The number of carbonyl (C=O) groups excluding carboxylic acids is 1. The summed E-state index contributed by atoms with van der Waals surface area (Å²) in [7, 11) is -2.35. The molecule has 1 amide bonds. The zero-order chi connectivity index (χ0) is 21.4. The molecule has 2 N–H and O–H groups in total. The molecule has 29 heavy (non-hydrogen) atoms. The van der Waals surface area contributed by atoms with Crippen molar-refractivity contribution in [3.63, 3.8) is 0 Å². The van der Waals surface area contributed by atoms with Crippen LogP contribution in [0.3, 0.4) is 0 Å². The number of rotatable bonds is 5. The second-order valence-electron chi connectivity index (χ2n) is 6.53. The lowest BCUT2D eigenvalue weighted by Gasteiger charge is -2.08. The third-order valence-electron chi connectivity index (χ3n) is 4.27. The molecule has 0 bridgehead atoms. The fraction of sp³-hybridized carbons (Fsp3) is 0.227. The number of hydrogen-bond acceptors (Lipinski definition) is 4. The highest BCUT2D eigenvalue weighted by atomic mass is 32.2. The summed E-state index contributed by atoms with van der Waals surface area (Å²) in [5.41, 5.74) is 2.18. The van der Waals surface area contributed by atoms with Crippen LogP contribution >= 0.6 is 0 Å². The van der Waals surface area contributed by atoms with Gasteiger partial charge in [-0.2, -0.15) is 8.42 Å². The van der Waals surface area contributed by atoms with Gasteiger partial charge < -0.3 is 10.1 Å². The van der Waals surface area contributed by atoms with Crippen molar-refractivity contribution in [2.24, 2.45) is 0 Å². The zero-order valence-corrected chi connectivity index (χ0v) is 17.5. The average molecular weight is 416 g/mol. The summed E-state index contributed by atoms with van der Waals surface area (Å²) in [4.78, 5) is 10.8. The molecule has 6 nitrogen and oxygen atoms in total. The molecule has 0 saturated heterocycles. The molecule has 0 fully saturated rings. The van der Waals surface area contributed by atoms with E-state index in [9.17, 15) is 13.2 Å². The first-order valence-electron chi connectivity index (χ1n) is 9.05. The van der Waals surface area contributed by atoms with Gasteiger partial charge in [-0.1, -0.05) is 42.0 Å². The van der Waals surface area contributed by atoms with Crippen LogP contribution in [0.5, 0.6) is 5.75 Å². The van der Waals surface area contributed by atoms with Crippen LogP contribution in [-0.4, -0.2) is 32.5 Å². The Balaban J connectivity index is 0.000000234. The molecule has 0 unspecified atom stereocenters. The molecule has 0 spiro atoms. The predicted octanol–water partition coefficient (Wildman–Crippen LogP) is 3.77. The van der Waals surface area contributed by atoms with Crippen molar-refractivity contribution < 1.29 is 22.5 Å². The predicted molar refractivity (Wildman–Crippen MR) is 114 cm³/mol. The number of ether oxygens (including phenoxy) is 1. The fourth-order valence-corrected chi connectivity index (χ4v) is 3.22. The van der Waals surface area contributed by atoms with Crippen molar-refractivity contribution in [1.82, 2.24) is 5.32 Å². The van der Waals surface area contributed by atoms with Crippen molar-refractivity contribution in [3.05, 3.63) is 71.8 Å². The number of hydrogen-bond donors (Lipinski definition) is 2. The van der Waals surface area contributed by atoms with E-state index in [4.69, 9.17) is 9.29 Å². The smallest absolute Gasteiger partial charge is 0.294 e. The Bertz CT molecular complexity index is 1080. The number of aryl methyl sites for hydroxylation is 1. The first-order valence-corrected chi connectivity index (χ1v) is 10.5. The van der Waals surface area contributed by atoms with E-state index in [2.05, 4.69) is 23.5 Å². The summed E-state index contributed by atoms with van der Waals surface area (Å²) < 4.78 is 34.8. The standard InChI is InChI=1S/C15H17NO2.C7H8O3S/c1-11(17)16-9-8-13-5-3-4-12-6-7-14(18-2)10-15(12)13;1-6-2-4-7(5-3-6)11(8,9)10/h3-7,10H,8-9H2,1-2H3,(H,16,17);2-5H,1H3,(H,8,9,10). The van der Waals surface area contributed by atoms with Gasteiger partial charge in [0, 0.05) is 13.5 Å². The minimum atomic E-state index is -4.02. The Morgan fingerprint density at radius 3 is 2.34 bits per heavy atom. The summed E-state index contributed by atoms with van der Waals surface area (Å²) >= 11 is 0. The van der Waals surface area contributed by atoms with Crippen LogP contribution < -0.4 is 10.1 Å². The first-order chi connectivity index (χ1) is 13.7. The number of fused-ring (bicyclic) bond motifs is 1. The SMILES string of the molecule is COc1ccc2cccc(CCNC(C)=O)c2c1.Cc1ccc(S(=O)(=O)O)cc1. The molecule has 154 valence electrons. The lowest BCUT2D eigenvalue weighted by atomic mass is 10.0. The highest BCUT2D eigenvalue weighted by Crippen LogP contribution is 2.24. The van der Waals surface area contributed by atoms with Crippen molar-refractivity contribution in [3.8, 4) is 5.75 Å². The second kappa shape index (κ2) is 10.0. The Morgan fingerprint density at radius 1 is 1.07 bits per heavy atom. The van der Waals surface area contributed by atoms with Crippen LogP contribution in [0.25, 0.3) is 10.8 Å². The monoisotopic (exact) mass is 415 g/mol. The summed E-state index contributed by atoms with van der Waals surface area (Å²) in [6.45, 7) is 4.03. The molecule has 0 aromatic heterocycles. The fourth-order valence-electron chi connectivity index (χ4n) is 2.74. The van der Waals surface area contributed by atoms with Crippen LogP contribution in [0.4, 0.5) is 0 Å². The maximum Gasteiger partial charge on any atom is 0.294 e. The minimum absolute atomic E-state index is 0.00724. The summed E-state index contributed by atoms with van der Waals surface area (Å²) in [5.74, 6) is 0.863. The third kappa shape index (κ3) is 6.89. The normalized spacial score (nSPS) is 10.8. The van der Waals surface area contributed by atoms with Crippen LogP contribution in [-0.2, 0) is 21.3 Å². The Hall–Kier alpha value is -2.90.